The topological polar surface area (TPSA) is 46.6 Å². The average molecular weight is 233 g/mol. The van der Waals surface area contributed by atoms with Gasteiger partial charge < -0.3 is 9.64 Å². The molecule has 0 spiro atoms. The van der Waals surface area contributed by atoms with Crippen molar-refractivity contribution in [3.63, 3.8) is 0 Å². The van der Waals surface area contributed by atoms with Crippen molar-refractivity contribution in [1.82, 2.24) is 0 Å². The van der Waals surface area contributed by atoms with Gasteiger partial charge in [0.2, 0.25) is 5.91 Å². The van der Waals surface area contributed by atoms with Crippen LogP contribution in [0.2, 0.25) is 0 Å². The number of anilines is 1. The fourth-order valence-corrected chi connectivity index (χ4v) is 2.09. The largest absolute Gasteiger partial charge is 0.469 e. The molecule has 4 nitrogen and oxygen atoms in total. The van der Waals surface area contributed by atoms with Crippen LogP contribution in [0.4, 0.5) is 5.69 Å². The third kappa shape index (κ3) is 2.64. The van der Waals surface area contributed by atoms with Crippen molar-refractivity contribution in [2.24, 2.45) is 5.92 Å². The van der Waals surface area contributed by atoms with Crippen LogP contribution in [-0.4, -0.2) is 25.5 Å². The van der Waals surface area contributed by atoms with E-state index in [2.05, 4.69) is 4.74 Å². The zero-order valence-corrected chi connectivity index (χ0v) is 9.76. The summed E-state index contributed by atoms with van der Waals surface area (Å²) in [4.78, 5) is 24.7. The molecule has 0 N–H and O–H groups in total. The first kappa shape index (κ1) is 11.6. The molecule has 2 rings (SSSR count). The summed E-state index contributed by atoms with van der Waals surface area (Å²) in [5.41, 5.74) is 0.893. The van der Waals surface area contributed by atoms with Crippen molar-refractivity contribution in [2.75, 3.05) is 18.6 Å². The molecule has 1 saturated heterocycles. The number of rotatable bonds is 3. The van der Waals surface area contributed by atoms with Crippen LogP contribution in [0, 0.1) is 5.92 Å². The summed E-state index contributed by atoms with van der Waals surface area (Å²) in [6.45, 7) is 0.595. The third-order valence-corrected chi connectivity index (χ3v) is 2.96. The Kier molecular flexibility index (Phi) is 3.42. The van der Waals surface area contributed by atoms with Crippen molar-refractivity contribution in [2.45, 2.75) is 12.8 Å². The lowest BCUT2D eigenvalue weighted by atomic mass is 10.1. The molecule has 1 aromatic rings. The highest BCUT2D eigenvalue weighted by molar-refractivity contribution is 5.96. The molecule has 4 heteroatoms. The highest BCUT2D eigenvalue weighted by Crippen LogP contribution is 2.26. The number of hydrogen-bond donors (Lipinski definition) is 0. The first-order chi connectivity index (χ1) is 8.20. The molecule has 17 heavy (non-hydrogen) atoms. The van der Waals surface area contributed by atoms with Gasteiger partial charge in [-0.05, 0) is 18.1 Å². The Bertz CT molecular complexity index is 416. The lowest BCUT2D eigenvalue weighted by Gasteiger charge is -2.16. The highest BCUT2D eigenvalue weighted by Gasteiger charge is 2.31. The number of nitrogens with zero attached hydrogens (tertiary/aromatic N) is 1. The van der Waals surface area contributed by atoms with Crippen LogP contribution in [0.5, 0.6) is 0 Å². The van der Waals surface area contributed by atoms with Gasteiger partial charge in [-0.1, -0.05) is 18.2 Å². The van der Waals surface area contributed by atoms with Gasteiger partial charge in [0.05, 0.1) is 13.5 Å². The molecule has 0 aromatic heterocycles. The Labute approximate surface area is 100 Å². The molecule has 0 aliphatic carbocycles. The minimum absolute atomic E-state index is 0.0650. The van der Waals surface area contributed by atoms with Gasteiger partial charge >= 0.3 is 5.97 Å². The summed E-state index contributed by atoms with van der Waals surface area (Å²) in [5, 5.41) is 0. The SMILES string of the molecule is COC(=O)CC1CC(=O)N(c2ccccc2)C1. The van der Waals surface area contributed by atoms with Crippen LogP contribution in [0.1, 0.15) is 12.8 Å². The van der Waals surface area contributed by atoms with E-state index in [0.29, 0.717) is 19.4 Å². The zero-order chi connectivity index (χ0) is 12.3. The maximum Gasteiger partial charge on any atom is 0.305 e. The summed E-state index contributed by atoms with van der Waals surface area (Å²) in [5.74, 6) is -0.113. The van der Waals surface area contributed by atoms with Crippen molar-refractivity contribution < 1.29 is 14.3 Å². The van der Waals surface area contributed by atoms with Gasteiger partial charge in [-0.15, -0.1) is 0 Å². The van der Waals surface area contributed by atoms with Crippen molar-refractivity contribution in [3.8, 4) is 0 Å². The van der Waals surface area contributed by atoms with Gasteiger partial charge in [-0.25, -0.2) is 0 Å². The molecule has 1 aliphatic heterocycles. The molecule has 90 valence electrons. The van der Waals surface area contributed by atoms with E-state index in [9.17, 15) is 9.59 Å². The van der Waals surface area contributed by atoms with Crippen LogP contribution in [0.3, 0.4) is 0 Å². The molecule has 1 unspecified atom stereocenters. The average Bonchev–Trinajstić information content (AvgIpc) is 2.71. The number of carbonyl (C=O) groups is 2. The zero-order valence-electron chi connectivity index (χ0n) is 9.76. The number of methoxy groups -OCH3 is 1. The summed E-state index contributed by atoms with van der Waals surface area (Å²) in [7, 11) is 1.37. The van der Waals surface area contributed by atoms with Gasteiger partial charge in [0.15, 0.2) is 0 Å². The number of para-hydroxylation sites is 1. The summed E-state index contributed by atoms with van der Waals surface area (Å²) < 4.78 is 4.62. The van der Waals surface area contributed by atoms with E-state index in [4.69, 9.17) is 0 Å². The Hall–Kier alpha value is -1.84. The van der Waals surface area contributed by atoms with Crippen LogP contribution in [0.25, 0.3) is 0 Å². The third-order valence-electron chi connectivity index (χ3n) is 2.96. The molecule has 1 atom stereocenters. The van der Waals surface area contributed by atoms with E-state index >= 15 is 0 Å². The molecule has 1 heterocycles. The van der Waals surface area contributed by atoms with E-state index in [-0.39, 0.29) is 17.8 Å². The number of carbonyl (C=O) groups excluding carboxylic acids is 2. The fraction of sp³-hybridized carbons (Fsp3) is 0.385. The van der Waals surface area contributed by atoms with Crippen molar-refractivity contribution in [3.05, 3.63) is 30.3 Å². The van der Waals surface area contributed by atoms with E-state index in [1.54, 1.807) is 4.90 Å². The van der Waals surface area contributed by atoms with Crippen molar-refractivity contribution >= 4 is 17.6 Å². The van der Waals surface area contributed by atoms with Gasteiger partial charge in [0, 0.05) is 18.7 Å². The van der Waals surface area contributed by atoms with E-state index in [1.807, 2.05) is 30.3 Å². The molecule has 0 radical (unpaired) electrons. The number of esters is 1. The molecule has 1 amide bonds. The second kappa shape index (κ2) is 4.99. The van der Waals surface area contributed by atoms with Crippen molar-refractivity contribution in [1.29, 1.82) is 0 Å². The quantitative estimate of drug-likeness (QED) is 0.745. The first-order valence-corrected chi connectivity index (χ1v) is 5.63. The Morgan fingerprint density at radius 3 is 2.76 bits per heavy atom. The minimum atomic E-state index is -0.252. The molecule has 1 aliphatic rings. The summed E-state index contributed by atoms with van der Waals surface area (Å²) in [6, 6.07) is 9.51. The van der Waals surface area contributed by atoms with Gasteiger partial charge in [0.25, 0.3) is 0 Å². The number of ether oxygens (including phenoxy) is 1. The molecule has 0 bridgehead atoms. The smallest absolute Gasteiger partial charge is 0.305 e. The predicted molar refractivity (Wildman–Crippen MR) is 63.5 cm³/mol. The normalized spacial score (nSPS) is 19.5. The maximum atomic E-state index is 11.8. The number of hydrogen-bond acceptors (Lipinski definition) is 3. The lowest BCUT2D eigenvalue weighted by molar-refractivity contribution is -0.141. The molecule has 1 fully saturated rings. The maximum absolute atomic E-state index is 11.8. The molecule has 1 aromatic carbocycles. The Morgan fingerprint density at radius 1 is 1.41 bits per heavy atom. The second-order valence-corrected chi connectivity index (χ2v) is 4.19. The Morgan fingerprint density at radius 2 is 2.12 bits per heavy atom. The van der Waals surface area contributed by atoms with E-state index in [0.717, 1.165) is 5.69 Å². The van der Waals surface area contributed by atoms with Gasteiger partial charge in [-0.3, -0.25) is 9.59 Å². The second-order valence-electron chi connectivity index (χ2n) is 4.19. The number of benzene rings is 1. The molecular formula is C13H15NO3. The van der Waals surface area contributed by atoms with Crippen LogP contribution in [-0.2, 0) is 14.3 Å². The van der Waals surface area contributed by atoms with Gasteiger partial charge in [0.1, 0.15) is 0 Å². The molecular weight excluding hydrogens is 218 g/mol. The lowest BCUT2D eigenvalue weighted by Crippen LogP contribution is -2.24. The summed E-state index contributed by atoms with van der Waals surface area (Å²) in [6.07, 6.45) is 0.732. The summed E-state index contributed by atoms with van der Waals surface area (Å²) >= 11 is 0. The number of amides is 1. The molecule has 0 saturated carbocycles. The van der Waals surface area contributed by atoms with Crippen LogP contribution >= 0.6 is 0 Å². The Balaban J connectivity index is 2.03. The first-order valence-electron chi connectivity index (χ1n) is 5.63. The van der Waals surface area contributed by atoms with Gasteiger partial charge in [-0.2, -0.15) is 0 Å². The van der Waals surface area contributed by atoms with E-state index < -0.39 is 0 Å². The highest BCUT2D eigenvalue weighted by atomic mass is 16.5. The van der Waals surface area contributed by atoms with Crippen LogP contribution < -0.4 is 4.90 Å². The monoisotopic (exact) mass is 233 g/mol. The minimum Gasteiger partial charge on any atom is -0.469 e. The predicted octanol–water partition coefficient (Wildman–Crippen LogP) is 1.60. The van der Waals surface area contributed by atoms with Crippen LogP contribution in [0.15, 0.2) is 30.3 Å². The standard InChI is InChI=1S/C13H15NO3/c1-17-13(16)8-10-7-12(15)14(9-10)11-5-3-2-4-6-11/h2-6,10H,7-9H2,1H3. The fourth-order valence-electron chi connectivity index (χ4n) is 2.09. The van der Waals surface area contributed by atoms with E-state index in [1.165, 1.54) is 7.11 Å².